The van der Waals surface area contributed by atoms with E-state index in [1.165, 1.54) is 11.3 Å². The molecule has 0 saturated carbocycles. The highest BCUT2D eigenvalue weighted by Crippen LogP contribution is 2.28. The average Bonchev–Trinajstić information content (AvgIpc) is 3.29. The Hall–Kier alpha value is -3.13. The van der Waals surface area contributed by atoms with Crippen LogP contribution in [0.5, 0.6) is 0 Å². The van der Waals surface area contributed by atoms with E-state index in [9.17, 15) is 9.59 Å². The molecule has 28 heavy (non-hydrogen) atoms. The maximum Gasteiger partial charge on any atom is 0.259 e. The van der Waals surface area contributed by atoms with Crippen LogP contribution in [-0.4, -0.2) is 33.2 Å². The van der Waals surface area contributed by atoms with Gasteiger partial charge < -0.3 is 5.32 Å². The number of para-hydroxylation sites is 1. The van der Waals surface area contributed by atoms with E-state index in [2.05, 4.69) is 25.6 Å². The molecule has 1 aromatic carbocycles. The van der Waals surface area contributed by atoms with Gasteiger partial charge in [-0.15, -0.1) is 11.3 Å². The number of anilines is 1. The normalized spacial score (nSPS) is 19.0. The number of amidine groups is 1. The lowest BCUT2D eigenvalue weighted by atomic mass is 9.89. The number of pyridine rings is 1. The predicted molar refractivity (Wildman–Crippen MR) is 110 cm³/mol. The molecule has 3 heterocycles. The molecule has 0 bridgehead atoms. The summed E-state index contributed by atoms with van der Waals surface area (Å²) in [5.74, 6) is -0.230. The van der Waals surface area contributed by atoms with Gasteiger partial charge in [-0.2, -0.15) is 0 Å². The maximum atomic E-state index is 13.0. The molecule has 1 atom stereocenters. The summed E-state index contributed by atoms with van der Waals surface area (Å²) in [6, 6.07) is 9.28. The summed E-state index contributed by atoms with van der Waals surface area (Å²) in [5, 5.41) is 8.70. The van der Waals surface area contributed by atoms with Gasteiger partial charge in [0.05, 0.1) is 11.1 Å². The number of nitrogens with zero attached hydrogens (tertiary/aromatic N) is 3. The number of rotatable bonds is 4. The van der Waals surface area contributed by atoms with Crippen LogP contribution < -0.4 is 10.6 Å². The molecular formula is C20H19N5O2S. The molecule has 4 rings (SSSR count). The summed E-state index contributed by atoms with van der Waals surface area (Å²) in [4.78, 5) is 38.9. The molecule has 0 aliphatic carbocycles. The van der Waals surface area contributed by atoms with Crippen molar-refractivity contribution in [1.29, 1.82) is 0 Å². The van der Waals surface area contributed by atoms with Gasteiger partial charge in [0.15, 0.2) is 11.0 Å². The minimum absolute atomic E-state index is 0.00180. The topological polar surface area (TPSA) is 96.3 Å². The van der Waals surface area contributed by atoms with Crippen molar-refractivity contribution in [3.8, 4) is 0 Å². The standard InChI is InChI=1S/C20H19N5O2S/c1-11(2)20(3)18(27)23-16(25-20)15-13(17(26)24-19-21-8-9-28-19)10-12-6-4-5-7-14(12)22-15/h4-11H,1-3H3,(H,21,24,26)(H,23,25,27)/t20-/m0/s1. The van der Waals surface area contributed by atoms with Crippen molar-refractivity contribution in [2.24, 2.45) is 10.9 Å². The first kappa shape index (κ1) is 18.2. The van der Waals surface area contributed by atoms with Crippen LogP contribution in [0.25, 0.3) is 10.9 Å². The molecule has 142 valence electrons. The predicted octanol–water partition coefficient (Wildman–Crippen LogP) is 3.23. The molecule has 3 aromatic rings. The minimum Gasteiger partial charge on any atom is -0.307 e. The van der Waals surface area contributed by atoms with E-state index < -0.39 is 5.54 Å². The van der Waals surface area contributed by atoms with Crippen molar-refractivity contribution >= 4 is 45.0 Å². The Labute approximate surface area is 165 Å². The van der Waals surface area contributed by atoms with Crippen molar-refractivity contribution in [3.05, 3.63) is 53.2 Å². The van der Waals surface area contributed by atoms with E-state index in [0.717, 1.165) is 10.9 Å². The highest BCUT2D eigenvalue weighted by atomic mass is 32.1. The van der Waals surface area contributed by atoms with Crippen LogP contribution in [0.4, 0.5) is 5.13 Å². The molecule has 8 heteroatoms. The lowest BCUT2D eigenvalue weighted by Crippen LogP contribution is -2.41. The van der Waals surface area contributed by atoms with Gasteiger partial charge in [0.1, 0.15) is 11.2 Å². The quantitative estimate of drug-likeness (QED) is 0.711. The van der Waals surface area contributed by atoms with Gasteiger partial charge in [-0.05, 0) is 25.0 Å². The molecule has 2 N–H and O–H groups in total. The smallest absolute Gasteiger partial charge is 0.259 e. The zero-order chi connectivity index (χ0) is 19.9. The third kappa shape index (κ3) is 3.05. The maximum absolute atomic E-state index is 13.0. The average molecular weight is 393 g/mol. The van der Waals surface area contributed by atoms with E-state index in [4.69, 9.17) is 0 Å². The molecule has 2 aromatic heterocycles. The third-order valence-corrected chi connectivity index (χ3v) is 5.69. The molecule has 2 amide bonds. The fourth-order valence-corrected chi connectivity index (χ4v) is 3.49. The summed E-state index contributed by atoms with van der Waals surface area (Å²) in [7, 11) is 0. The molecule has 0 saturated heterocycles. The van der Waals surface area contributed by atoms with E-state index in [1.807, 2.05) is 38.1 Å². The van der Waals surface area contributed by atoms with Gasteiger partial charge in [-0.25, -0.2) is 15.0 Å². The molecule has 7 nitrogen and oxygen atoms in total. The first-order valence-electron chi connectivity index (χ1n) is 8.91. The van der Waals surface area contributed by atoms with Gasteiger partial charge in [0, 0.05) is 17.0 Å². The number of hydrogen-bond acceptors (Lipinski definition) is 6. The number of carbonyl (C=O) groups is 2. The van der Waals surface area contributed by atoms with Crippen LogP contribution in [0.3, 0.4) is 0 Å². The van der Waals surface area contributed by atoms with Gasteiger partial charge in [-0.3, -0.25) is 14.9 Å². The summed E-state index contributed by atoms with van der Waals surface area (Å²) < 4.78 is 0. The van der Waals surface area contributed by atoms with Crippen LogP contribution in [0.15, 0.2) is 46.9 Å². The Morgan fingerprint density at radius 1 is 1.29 bits per heavy atom. The molecule has 0 unspecified atom stereocenters. The van der Waals surface area contributed by atoms with Crippen LogP contribution in [0.2, 0.25) is 0 Å². The number of aromatic nitrogens is 2. The summed E-state index contributed by atoms with van der Waals surface area (Å²) in [5.41, 5.74) is 0.510. The van der Waals surface area contributed by atoms with Gasteiger partial charge in [0.2, 0.25) is 0 Å². The Kier molecular flexibility index (Phi) is 4.43. The number of aliphatic imine (C=N–C) groups is 1. The van der Waals surface area contributed by atoms with Crippen molar-refractivity contribution < 1.29 is 9.59 Å². The molecule has 1 aliphatic rings. The first-order chi connectivity index (χ1) is 13.4. The third-order valence-electron chi connectivity index (χ3n) is 5.01. The van der Waals surface area contributed by atoms with Crippen molar-refractivity contribution in [2.45, 2.75) is 26.3 Å². The second-order valence-corrected chi connectivity index (χ2v) is 7.98. The van der Waals surface area contributed by atoms with Crippen molar-refractivity contribution in [3.63, 3.8) is 0 Å². The number of nitrogens with one attached hydrogen (secondary N) is 2. The zero-order valence-corrected chi connectivity index (χ0v) is 16.5. The van der Waals surface area contributed by atoms with Gasteiger partial charge in [0.25, 0.3) is 11.8 Å². The molecule has 0 fully saturated rings. The van der Waals surface area contributed by atoms with Crippen LogP contribution in [0.1, 0.15) is 36.8 Å². The van der Waals surface area contributed by atoms with E-state index in [1.54, 1.807) is 24.6 Å². The number of fused-ring (bicyclic) bond motifs is 1. The lowest BCUT2D eigenvalue weighted by Gasteiger charge is -2.21. The van der Waals surface area contributed by atoms with E-state index >= 15 is 0 Å². The second-order valence-electron chi connectivity index (χ2n) is 7.09. The van der Waals surface area contributed by atoms with E-state index in [0.29, 0.717) is 22.2 Å². The first-order valence-corrected chi connectivity index (χ1v) is 9.79. The Morgan fingerprint density at radius 3 is 2.75 bits per heavy atom. The van der Waals surface area contributed by atoms with Crippen molar-refractivity contribution in [1.82, 2.24) is 15.3 Å². The van der Waals surface area contributed by atoms with Crippen LogP contribution in [0, 0.1) is 5.92 Å². The second kappa shape index (κ2) is 6.79. The highest BCUT2D eigenvalue weighted by Gasteiger charge is 2.43. The Morgan fingerprint density at radius 2 is 2.07 bits per heavy atom. The van der Waals surface area contributed by atoms with Gasteiger partial charge in [-0.1, -0.05) is 32.0 Å². The van der Waals surface area contributed by atoms with Crippen molar-refractivity contribution in [2.75, 3.05) is 5.32 Å². The fraction of sp³-hybridized carbons (Fsp3) is 0.250. The summed E-state index contributed by atoms with van der Waals surface area (Å²) in [6.45, 7) is 5.67. The number of thiazole rings is 1. The lowest BCUT2D eigenvalue weighted by molar-refractivity contribution is -0.124. The highest BCUT2D eigenvalue weighted by molar-refractivity contribution is 7.13. The summed E-state index contributed by atoms with van der Waals surface area (Å²) in [6.07, 6.45) is 1.62. The summed E-state index contributed by atoms with van der Waals surface area (Å²) >= 11 is 1.33. The molecule has 0 radical (unpaired) electrons. The minimum atomic E-state index is -0.897. The number of amides is 2. The largest absolute Gasteiger partial charge is 0.307 e. The monoisotopic (exact) mass is 393 g/mol. The number of benzene rings is 1. The SMILES string of the molecule is CC(C)[C@]1(C)N=C(c2nc3ccccc3cc2C(=O)Nc2nccs2)NC1=O. The number of carbonyl (C=O) groups excluding carboxylic acids is 2. The van der Waals surface area contributed by atoms with Crippen LogP contribution in [-0.2, 0) is 4.79 Å². The Balaban J connectivity index is 1.85. The van der Waals surface area contributed by atoms with E-state index in [-0.39, 0.29) is 17.7 Å². The van der Waals surface area contributed by atoms with Crippen LogP contribution >= 0.6 is 11.3 Å². The molecule has 1 aliphatic heterocycles. The Bertz CT molecular complexity index is 1110. The zero-order valence-electron chi connectivity index (χ0n) is 15.7. The fourth-order valence-electron chi connectivity index (χ4n) is 2.97. The van der Waals surface area contributed by atoms with Gasteiger partial charge >= 0.3 is 0 Å². The molecule has 0 spiro atoms. The molecular weight excluding hydrogens is 374 g/mol. The number of hydrogen-bond donors (Lipinski definition) is 2.